The zero-order valence-corrected chi connectivity index (χ0v) is 16.6. The molecule has 2 atom stereocenters. The monoisotopic (exact) mass is 410 g/mol. The van der Waals surface area contributed by atoms with E-state index in [1.807, 2.05) is 30.3 Å². The number of carbonyl (C=O) groups excluding carboxylic acids is 3. The van der Waals surface area contributed by atoms with Crippen molar-refractivity contribution in [1.29, 1.82) is 0 Å². The molecule has 2 fully saturated rings. The lowest BCUT2D eigenvalue weighted by Gasteiger charge is -2.23. The molecular weight excluding hydrogens is 387 g/mol. The minimum Gasteiger partial charge on any atom is -0.380 e. The molecule has 0 saturated carbocycles. The van der Waals surface area contributed by atoms with Gasteiger partial charge >= 0.3 is 6.03 Å². The predicted octanol–water partition coefficient (Wildman–Crippen LogP) is 2.31. The molecule has 2 N–H and O–H groups in total. The first-order valence-electron chi connectivity index (χ1n) is 9.86. The second-order valence-electron chi connectivity index (χ2n) is 7.79. The van der Waals surface area contributed by atoms with Gasteiger partial charge in [0.25, 0.3) is 5.91 Å². The molecule has 2 heterocycles. The number of rotatable bonds is 5. The third-order valence-corrected chi connectivity index (χ3v) is 5.68. The van der Waals surface area contributed by atoms with Gasteiger partial charge in [0.15, 0.2) is 0 Å². The molecule has 0 bridgehead atoms. The third kappa shape index (κ3) is 3.72. The zero-order valence-electron chi connectivity index (χ0n) is 16.6. The molecule has 8 heteroatoms. The average molecular weight is 410 g/mol. The number of carbonyl (C=O) groups is 3. The van der Waals surface area contributed by atoms with E-state index in [2.05, 4.69) is 10.6 Å². The van der Waals surface area contributed by atoms with Crippen LogP contribution in [0.25, 0.3) is 0 Å². The molecule has 0 aromatic heterocycles. The Morgan fingerprint density at radius 2 is 1.87 bits per heavy atom. The fourth-order valence-electron chi connectivity index (χ4n) is 3.93. The van der Waals surface area contributed by atoms with E-state index in [4.69, 9.17) is 0 Å². The summed E-state index contributed by atoms with van der Waals surface area (Å²) in [5, 5.41) is 6.03. The Balaban J connectivity index is 1.39. The molecule has 4 rings (SSSR count). The molecule has 0 spiro atoms. The molecule has 2 aliphatic rings. The predicted molar refractivity (Wildman–Crippen MR) is 109 cm³/mol. The number of amides is 4. The maximum Gasteiger partial charge on any atom is 0.325 e. The maximum absolute atomic E-state index is 13.2. The first-order chi connectivity index (χ1) is 14.4. The van der Waals surface area contributed by atoms with Gasteiger partial charge in [-0.1, -0.05) is 30.3 Å². The summed E-state index contributed by atoms with van der Waals surface area (Å²) >= 11 is 0. The van der Waals surface area contributed by atoms with Crippen molar-refractivity contribution in [2.75, 3.05) is 25.0 Å². The van der Waals surface area contributed by atoms with Crippen LogP contribution in [-0.2, 0) is 15.1 Å². The lowest BCUT2D eigenvalue weighted by molar-refractivity contribution is -0.138. The molecule has 2 saturated heterocycles. The Morgan fingerprint density at radius 1 is 1.17 bits per heavy atom. The van der Waals surface area contributed by atoms with Gasteiger partial charge in [0.05, 0.1) is 0 Å². The van der Waals surface area contributed by atoms with Crippen molar-refractivity contribution >= 4 is 23.5 Å². The number of para-hydroxylation sites is 1. The fraction of sp³-hybridized carbons (Fsp3) is 0.318. The third-order valence-electron chi connectivity index (χ3n) is 5.68. The molecule has 30 heavy (non-hydrogen) atoms. The quantitative estimate of drug-likeness (QED) is 0.742. The Kier molecular flexibility index (Phi) is 5.15. The standard InChI is InChI=1S/C22H23FN4O3/c1-22(15-7-9-16(23)10-8-15)20(29)27(21(30)25-22)14-19(28)26-12-11-18(13-26)24-17-5-3-2-4-6-17/h2-10,18,24H,11-14H2,1H3,(H,25,30). The van der Waals surface area contributed by atoms with Gasteiger partial charge in [-0.25, -0.2) is 9.18 Å². The number of hydrogen-bond donors (Lipinski definition) is 2. The second kappa shape index (κ2) is 7.78. The highest BCUT2D eigenvalue weighted by molar-refractivity contribution is 6.09. The molecule has 0 radical (unpaired) electrons. The number of benzene rings is 2. The van der Waals surface area contributed by atoms with Crippen LogP contribution in [0.2, 0.25) is 0 Å². The Hall–Kier alpha value is -3.42. The van der Waals surface area contributed by atoms with E-state index in [0.717, 1.165) is 17.0 Å². The highest BCUT2D eigenvalue weighted by atomic mass is 19.1. The van der Waals surface area contributed by atoms with Gasteiger partial charge in [-0.05, 0) is 43.2 Å². The summed E-state index contributed by atoms with van der Waals surface area (Å²) in [6.45, 7) is 2.30. The van der Waals surface area contributed by atoms with Crippen molar-refractivity contribution < 1.29 is 18.8 Å². The summed E-state index contributed by atoms with van der Waals surface area (Å²) < 4.78 is 13.2. The van der Waals surface area contributed by atoms with E-state index >= 15 is 0 Å². The molecule has 2 unspecified atom stereocenters. The summed E-state index contributed by atoms with van der Waals surface area (Å²) in [6, 6.07) is 14.6. The zero-order chi connectivity index (χ0) is 21.3. The Bertz CT molecular complexity index is 966. The molecule has 0 aliphatic carbocycles. The van der Waals surface area contributed by atoms with Gasteiger partial charge in [-0.3, -0.25) is 14.5 Å². The molecule has 2 aromatic rings. The molecule has 7 nitrogen and oxygen atoms in total. The number of nitrogens with one attached hydrogen (secondary N) is 2. The van der Waals surface area contributed by atoms with Crippen LogP contribution in [0.1, 0.15) is 18.9 Å². The number of anilines is 1. The van der Waals surface area contributed by atoms with Crippen molar-refractivity contribution in [3.63, 3.8) is 0 Å². The van der Waals surface area contributed by atoms with E-state index in [9.17, 15) is 18.8 Å². The number of imide groups is 1. The highest BCUT2D eigenvalue weighted by Crippen LogP contribution is 2.29. The average Bonchev–Trinajstić information content (AvgIpc) is 3.28. The molecular formula is C22H23FN4O3. The van der Waals surface area contributed by atoms with Crippen molar-refractivity contribution in [3.8, 4) is 0 Å². The minimum absolute atomic E-state index is 0.115. The second-order valence-corrected chi connectivity index (χ2v) is 7.79. The van der Waals surface area contributed by atoms with Gasteiger partial charge < -0.3 is 15.5 Å². The van der Waals surface area contributed by atoms with Gasteiger partial charge in [0.2, 0.25) is 5.91 Å². The largest absolute Gasteiger partial charge is 0.380 e. The normalized spacial score (nSPS) is 23.6. The SMILES string of the molecule is CC1(c2ccc(F)cc2)NC(=O)N(CC(=O)N2CCC(Nc3ccccc3)C2)C1=O. The van der Waals surface area contributed by atoms with Crippen LogP contribution in [0.3, 0.4) is 0 Å². The number of nitrogens with zero attached hydrogens (tertiary/aromatic N) is 2. The summed E-state index contributed by atoms with van der Waals surface area (Å²) in [5.74, 6) is -1.23. The van der Waals surface area contributed by atoms with Crippen molar-refractivity contribution in [2.45, 2.75) is 24.9 Å². The van der Waals surface area contributed by atoms with Crippen LogP contribution in [0, 0.1) is 5.82 Å². The van der Waals surface area contributed by atoms with Gasteiger partial charge in [0.1, 0.15) is 17.9 Å². The minimum atomic E-state index is -1.33. The van der Waals surface area contributed by atoms with Crippen LogP contribution in [0.4, 0.5) is 14.9 Å². The van der Waals surface area contributed by atoms with E-state index in [1.165, 1.54) is 24.3 Å². The lowest BCUT2D eigenvalue weighted by Crippen LogP contribution is -2.44. The Labute approximate surface area is 173 Å². The van der Waals surface area contributed by atoms with Gasteiger partial charge in [-0.2, -0.15) is 0 Å². The molecule has 4 amide bonds. The van der Waals surface area contributed by atoms with Crippen LogP contribution < -0.4 is 10.6 Å². The number of urea groups is 1. The van der Waals surface area contributed by atoms with Crippen LogP contribution in [0.5, 0.6) is 0 Å². The maximum atomic E-state index is 13.2. The van der Waals surface area contributed by atoms with Crippen molar-refractivity contribution in [3.05, 3.63) is 66.0 Å². The van der Waals surface area contributed by atoms with E-state index in [1.54, 1.807) is 11.8 Å². The lowest BCUT2D eigenvalue weighted by atomic mass is 9.92. The summed E-state index contributed by atoms with van der Waals surface area (Å²) in [7, 11) is 0. The molecule has 2 aliphatic heterocycles. The fourth-order valence-corrected chi connectivity index (χ4v) is 3.93. The highest BCUT2D eigenvalue weighted by Gasteiger charge is 2.49. The molecule has 2 aromatic carbocycles. The van der Waals surface area contributed by atoms with Crippen molar-refractivity contribution in [1.82, 2.24) is 15.1 Å². The first kappa shape index (κ1) is 19.9. The summed E-state index contributed by atoms with van der Waals surface area (Å²) in [4.78, 5) is 40.7. The summed E-state index contributed by atoms with van der Waals surface area (Å²) in [5.41, 5.74) is 0.125. The smallest absolute Gasteiger partial charge is 0.325 e. The van der Waals surface area contributed by atoms with E-state index < -0.39 is 23.3 Å². The van der Waals surface area contributed by atoms with E-state index in [-0.39, 0.29) is 18.5 Å². The molecule has 156 valence electrons. The van der Waals surface area contributed by atoms with Crippen LogP contribution >= 0.6 is 0 Å². The van der Waals surface area contributed by atoms with Crippen LogP contribution in [0.15, 0.2) is 54.6 Å². The number of likely N-dealkylation sites (tertiary alicyclic amines) is 1. The van der Waals surface area contributed by atoms with E-state index in [0.29, 0.717) is 18.7 Å². The van der Waals surface area contributed by atoms with Gasteiger partial charge in [-0.15, -0.1) is 0 Å². The number of halogens is 1. The number of hydrogen-bond acceptors (Lipinski definition) is 4. The summed E-state index contributed by atoms with van der Waals surface area (Å²) in [6.07, 6.45) is 0.786. The topological polar surface area (TPSA) is 81.8 Å². The van der Waals surface area contributed by atoms with Crippen LogP contribution in [-0.4, -0.2) is 53.3 Å². The first-order valence-corrected chi connectivity index (χ1v) is 9.86. The van der Waals surface area contributed by atoms with Gasteiger partial charge in [0, 0.05) is 24.8 Å². The Morgan fingerprint density at radius 3 is 2.57 bits per heavy atom. The van der Waals surface area contributed by atoms with Crippen molar-refractivity contribution in [2.24, 2.45) is 0 Å².